The second kappa shape index (κ2) is 6.29. The van der Waals surface area contributed by atoms with Crippen LogP contribution in [0, 0.1) is 10.1 Å². The van der Waals surface area contributed by atoms with Gasteiger partial charge in [-0.2, -0.15) is 5.10 Å². The van der Waals surface area contributed by atoms with Crippen molar-refractivity contribution in [2.24, 2.45) is 5.73 Å². The summed E-state index contributed by atoms with van der Waals surface area (Å²) in [7, 11) is 0. The lowest BCUT2D eigenvalue weighted by Crippen LogP contribution is -2.40. The number of benzene rings is 1. The number of hydrogen-bond acceptors (Lipinski definition) is 5. The zero-order chi connectivity index (χ0) is 15.0. The number of aromatic nitrogens is 2. The molecule has 1 amide bonds. The van der Waals surface area contributed by atoms with E-state index < -0.39 is 4.92 Å². The van der Waals surface area contributed by atoms with Crippen molar-refractivity contribution in [2.45, 2.75) is 18.9 Å². The fourth-order valence-electron chi connectivity index (χ4n) is 2.76. The number of nitro groups is 1. The maximum Gasteiger partial charge on any atom is 0.275 e. The topological polar surface area (TPSA) is 118 Å². The Kier molecular flexibility index (Phi) is 4.62. The molecule has 1 aromatic heterocycles. The Labute approximate surface area is 132 Å². The molecule has 0 radical (unpaired) electrons. The molecule has 1 atom stereocenters. The summed E-state index contributed by atoms with van der Waals surface area (Å²) in [5.41, 5.74) is 6.44. The number of hydrogen-bond donors (Lipinski definition) is 2. The summed E-state index contributed by atoms with van der Waals surface area (Å²) < 4.78 is 0. The van der Waals surface area contributed by atoms with Gasteiger partial charge in [-0.25, -0.2) is 0 Å². The molecule has 8 nitrogen and oxygen atoms in total. The zero-order valence-corrected chi connectivity index (χ0v) is 12.5. The predicted octanol–water partition coefficient (Wildman–Crippen LogP) is 1.46. The number of halogens is 1. The number of nitrogens with one attached hydrogen (secondary N) is 1. The lowest BCUT2D eigenvalue weighted by molar-refractivity contribution is -0.384. The molecule has 0 bridgehead atoms. The molecule has 1 unspecified atom stereocenters. The van der Waals surface area contributed by atoms with Crippen molar-refractivity contribution in [3.63, 3.8) is 0 Å². The van der Waals surface area contributed by atoms with Crippen molar-refractivity contribution in [2.75, 3.05) is 13.1 Å². The van der Waals surface area contributed by atoms with Crippen molar-refractivity contribution in [3.8, 4) is 0 Å². The molecule has 0 aliphatic carbocycles. The lowest BCUT2D eigenvalue weighted by atomic mass is 10.1. The average Bonchev–Trinajstić information content (AvgIpc) is 3.12. The third-order valence-electron chi connectivity index (χ3n) is 3.87. The molecule has 1 aliphatic heterocycles. The number of carbonyl (C=O) groups is 1. The van der Waals surface area contributed by atoms with E-state index in [-0.39, 0.29) is 35.7 Å². The fraction of sp³-hybridized carbons (Fsp3) is 0.385. The lowest BCUT2D eigenvalue weighted by Gasteiger charge is -2.22. The van der Waals surface area contributed by atoms with Gasteiger partial charge in [0.2, 0.25) is 0 Å². The Balaban J connectivity index is 0.00000176. The van der Waals surface area contributed by atoms with Gasteiger partial charge in [-0.05, 0) is 18.9 Å². The van der Waals surface area contributed by atoms with Crippen LogP contribution in [0.1, 0.15) is 23.3 Å². The summed E-state index contributed by atoms with van der Waals surface area (Å²) in [5, 5.41) is 18.1. The van der Waals surface area contributed by atoms with Crippen LogP contribution >= 0.6 is 12.4 Å². The molecule has 22 heavy (non-hydrogen) atoms. The van der Waals surface area contributed by atoms with Gasteiger partial charge in [-0.15, -0.1) is 12.4 Å². The number of nitrogens with zero attached hydrogens (tertiary/aromatic N) is 3. The number of aromatic amines is 1. The quantitative estimate of drug-likeness (QED) is 0.654. The number of amides is 1. The normalized spacial score (nSPS) is 17.5. The minimum Gasteiger partial charge on any atom is -0.333 e. The molecule has 3 N–H and O–H groups in total. The van der Waals surface area contributed by atoms with Crippen LogP contribution in [0.4, 0.5) is 5.69 Å². The number of fused-ring (bicyclic) bond motifs is 1. The first kappa shape index (κ1) is 16.2. The van der Waals surface area contributed by atoms with Crippen LogP contribution in [0.5, 0.6) is 0 Å². The van der Waals surface area contributed by atoms with E-state index in [4.69, 9.17) is 5.73 Å². The van der Waals surface area contributed by atoms with E-state index in [1.165, 1.54) is 12.1 Å². The minimum absolute atomic E-state index is 0. The third-order valence-corrected chi connectivity index (χ3v) is 3.87. The molecule has 1 saturated heterocycles. The zero-order valence-electron chi connectivity index (χ0n) is 11.7. The largest absolute Gasteiger partial charge is 0.333 e. The van der Waals surface area contributed by atoms with Crippen LogP contribution in [0.3, 0.4) is 0 Å². The molecular weight excluding hydrogens is 310 g/mol. The van der Waals surface area contributed by atoms with Gasteiger partial charge in [0.15, 0.2) is 5.69 Å². The van der Waals surface area contributed by atoms with Gasteiger partial charge in [0, 0.05) is 36.7 Å². The number of likely N-dealkylation sites (tertiary alicyclic amines) is 1. The van der Waals surface area contributed by atoms with Crippen molar-refractivity contribution in [1.82, 2.24) is 15.1 Å². The minimum atomic E-state index is -0.487. The highest BCUT2D eigenvalue weighted by atomic mass is 35.5. The van der Waals surface area contributed by atoms with Crippen molar-refractivity contribution >= 4 is 34.9 Å². The molecular formula is C13H16ClN5O3. The molecule has 2 aromatic rings. The van der Waals surface area contributed by atoms with E-state index in [9.17, 15) is 14.9 Å². The first-order valence-electron chi connectivity index (χ1n) is 6.75. The van der Waals surface area contributed by atoms with Gasteiger partial charge in [-0.3, -0.25) is 20.0 Å². The Morgan fingerprint density at radius 1 is 1.55 bits per heavy atom. The molecule has 118 valence electrons. The first-order chi connectivity index (χ1) is 10.1. The van der Waals surface area contributed by atoms with Crippen LogP contribution in [-0.4, -0.2) is 45.1 Å². The Morgan fingerprint density at radius 2 is 2.32 bits per heavy atom. The summed E-state index contributed by atoms with van der Waals surface area (Å²) in [6.45, 7) is 1.05. The SMILES string of the molecule is Cl.NCC1CCCN1C(=O)c1n[nH]c2ccc([N+](=O)[O-])cc12. The highest BCUT2D eigenvalue weighted by Gasteiger charge is 2.30. The Bertz CT molecular complexity index is 717. The summed E-state index contributed by atoms with van der Waals surface area (Å²) in [5.74, 6) is -0.227. The number of nitro benzene ring substituents is 1. The van der Waals surface area contributed by atoms with Gasteiger partial charge in [-0.1, -0.05) is 0 Å². The summed E-state index contributed by atoms with van der Waals surface area (Å²) in [4.78, 5) is 24.7. The van der Waals surface area contributed by atoms with E-state index in [1.54, 1.807) is 11.0 Å². The van der Waals surface area contributed by atoms with Gasteiger partial charge in [0.05, 0.1) is 10.4 Å². The predicted molar refractivity (Wildman–Crippen MR) is 83.1 cm³/mol. The number of non-ortho nitro benzene ring substituents is 1. The van der Waals surface area contributed by atoms with Crippen LogP contribution < -0.4 is 5.73 Å². The van der Waals surface area contributed by atoms with Gasteiger partial charge >= 0.3 is 0 Å². The molecule has 3 rings (SSSR count). The van der Waals surface area contributed by atoms with Gasteiger partial charge < -0.3 is 10.6 Å². The van der Waals surface area contributed by atoms with Gasteiger partial charge in [0.1, 0.15) is 0 Å². The molecule has 1 aromatic carbocycles. The highest BCUT2D eigenvalue weighted by molar-refractivity contribution is 6.05. The molecule has 0 saturated carbocycles. The molecule has 1 fully saturated rings. The highest BCUT2D eigenvalue weighted by Crippen LogP contribution is 2.25. The van der Waals surface area contributed by atoms with Crippen LogP contribution in [-0.2, 0) is 0 Å². The summed E-state index contributed by atoms with van der Waals surface area (Å²) >= 11 is 0. The second-order valence-corrected chi connectivity index (χ2v) is 5.09. The Hall–Kier alpha value is -2.19. The molecule has 0 spiro atoms. The van der Waals surface area contributed by atoms with Crippen LogP contribution in [0.2, 0.25) is 0 Å². The third kappa shape index (κ3) is 2.62. The number of nitrogens with two attached hydrogens (primary N) is 1. The molecule has 2 heterocycles. The fourth-order valence-corrected chi connectivity index (χ4v) is 2.76. The standard InChI is InChI=1S/C13H15N5O3.ClH/c14-7-9-2-1-5-17(9)13(19)12-10-6-8(18(20)21)3-4-11(10)15-16-12;/h3-4,6,9H,1-2,5,7,14H2,(H,15,16);1H. The van der Waals surface area contributed by atoms with Crippen LogP contribution in [0.15, 0.2) is 18.2 Å². The van der Waals surface area contributed by atoms with Crippen molar-refractivity contribution in [1.29, 1.82) is 0 Å². The maximum absolute atomic E-state index is 12.6. The van der Waals surface area contributed by atoms with E-state index in [2.05, 4.69) is 10.2 Å². The molecule has 9 heteroatoms. The Morgan fingerprint density at radius 3 is 3.00 bits per heavy atom. The van der Waals surface area contributed by atoms with Crippen molar-refractivity contribution in [3.05, 3.63) is 34.0 Å². The summed E-state index contributed by atoms with van der Waals surface area (Å²) in [6.07, 6.45) is 1.79. The first-order valence-corrected chi connectivity index (χ1v) is 6.75. The number of rotatable bonds is 3. The van der Waals surface area contributed by atoms with E-state index in [0.717, 1.165) is 12.8 Å². The van der Waals surface area contributed by atoms with E-state index in [0.29, 0.717) is 24.0 Å². The number of carbonyl (C=O) groups excluding carboxylic acids is 1. The molecule has 1 aliphatic rings. The van der Waals surface area contributed by atoms with Crippen molar-refractivity contribution < 1.29 is 9.72 Å². The monoisotopic (exact) mass is 325 g/mol. The van der Waals surface area contributed by atoms with E-state index in [1.807, 2.05) is 0 Å². The maximum atomic E-state index is 12.6. The smallest absolute Gasteiger partial charge is 0.275 e. The number of H-pyrrole nitrogens is 1. The van der Waals surface area contributed by atoms with E-state index >= 15 is 0 Å². The second-order valence-electron chi connectivity index (χ2n) is 5.09. The van der Waals surface area contributed by atoms with Gasteiger partial charge in [0.25, 0.3) is 11.6 Å². The average molecular weight is 326 g/mol. The van der Waals surface area contributed by atoms with Crippen LogP contribution in [0.25, 0.3) is 10.9 Å². The summed E-state index contributed by atoms with van der Waals surface area (Å²) in [6, 6.07) is 4.33.